The average molecular weight is 364 g/mol. The Morgan fingerprint density at radius 3 is 2.90 bits per heavy atom. The number of Topliss-reactive ketones (excluding diaryl/α,β-unsaturated/α-hetero) is 1. The fraction of sp³-hybridized carbons (Fsp3) is 0.533. The van der Waals surface area contributed by atoms with Crippen LogP contribution in [0.4, 0.5) is 0 Å². The summed E-state index contributed by atoms with van der Waals surface area (Å²) in [6.45, 7) is 2.06. The maximum atomic E-state index is 12.5. The molecule has 4 atom stereocenters. The van der Waals surface area contributed by atoms with E-state index < -0.39 is 5.92 Å². The zero-order valence-corrected chi connectivity index (χ0v) is 14.6. The van der Waals surface area contributed by atoms with Crippen molar-refractivity contribution >= 4 is 32.0 Å². The maximum absolute atomic E-state index is 12.5. The molecular weight excluding hydrogens is 348 g/mol. The lowest BCUT2D eigenvalue weighted by Gasteiger charge is -2.35. The minimum atomic E-state index is -0.512. The summed E-state index contributed by atoms with van der Waals surface area (Å²) in [6.07, 6.45) is 1.11. The first-order valence-corrected chi connectivity index (χ1v) is 8.18. The fourth-order valence-corrected chi connectivity index (χ4v) is 3.54. The highest BCUT2D eigenvalue weighted by molar-refractivity contribution is 9.10. The molecule has 1 unspecified atom stereocenters. The Bertz CT molecular complexity index is 588. The van der Waals surface area contributed by atoms with Gasteiger partial charge in [-0.1, -0.05) is 6.92 Å². The van der Waals surface area contributed by atoms with Crippen molar-refractivity contribution in [1.29, 1.82) is 5.26 Å². The standard InChI is InChI=1S/C15H16BrN2O2Si/c1-8-5-9(7-17)14(19)10(15(8)21)6-12-11(16)3-4-13(18-12)20-2/h3-4,8-10,15H,5-6H2,1-2H3/t8-,9?,10+,15+/m1/s1. The monoisotopic (exact) mass is 363 g/mol. The van der Waals surface area contributed by atoms with E-state index in [1.165, 1.54) is 0 Å². The maximum Gasteiger partial charge on any atom is 0.213 e. The second-order valence-electron chi connectivity index (χ2n) is 5.42. The van der Waals surface area contributed by atoms with E-state index in [1.54, 1.807) is 13.2 Å². The van der Waals surface area contributed by atoms with Crippen molar-refractivity contribution in [3.8, 4) is 11.9 Å². The molecule has 1 aliphatic carbocycles. The molecule has 1 fully saturated rings. The molecule has 21 heavy (non-hydrogen) atoms. The number of ether oxygens (including phenoxy) is 1. The summed E-state index contributed by atoms with van der Waals surface area (Å²) < 4.78 is 5.98. The number of ketones is 1. The number of nitrogens with zero attached hydrogens (tertiary/aromatic N) is 2. The summed E-state index contributed by atoms with van der Waals surface area (Å²) in [7, 11) is 5.25. The van der Waals surface area contributed by atoms with E-state index in [0.29, 0.717) is 18.7 Å². The molecule has 0 aromatic carbocycles. The second kappa shape index (κ2) is 6.71. The van der Waals surface area contributed by atoms with Crippen LogP contribution in [0.2, 0.25) is 5.54 Å². The molecule has 2 rings (SSSR count). The van der Waals surface area contributed by atoms with Gasteiger partial charge in [-0.15, -0.1) is 0 Å². The van der Waals surface area contributed by atoms with Gasteiger partial charge in [0, 0.05) is 33.1 Å². The van der Waals surface area contributed by atoms with Crippen molar-refractivity contribution in [2.45, 2.75) is 25.3 Å². The zero-order valence-electron chi connectivity index (χ0n) is 12.0. The molecule has 6 heteroatoms. The van der Waals surface area contributed by atoms with E-state index in [2.05, 4.69) is 44.1 Å². The summed E-state index contributed by atoms with van der Waals surface area (Å²) in [5, 5.41) is 9.15. The lowest BCUT2D eigenvalue weighted by Crippen LogP contribution is -2.37. The predicted molar refractivity (Wildman–Crippen MR) is 83.1 cm³/mol. The van der Waals surface area contributed by atoms with E-state index in [-0.39, 0.29) is 23.2 Å². The Hall–Kier alpha value is -1.19. The second-order valence-corrected chi connectivity index (χ2v) is 6.94. The van der Waals surface area contributed by atoms with E-state index in [1.807, 2.05) is 6.07 Å². The van der Waals surface area contributed by atoms with Gasteiger partial charge in [0.2, 0.25) is 5.88 Å². The normalized spacial score (nSPS) is 29.0. The summed E-state index contributed by atoms with van der Waals surface area (Å²) in [5.41, 5.74) is 0.837. The summed E-state index contributed by atoms with van der Waals surface area (Å²) in [6, 6.07) is 5.76. The van der Waals surface area contributed by atoms with Crippen LogP contribution < -0.4 is 4.74 Å². The molecule has 0 aliphatic heterocycles. The van der Waals surface area contributed by atoms with Crippen LogP contribution >= 0.6 is 15.9 Å². The molecule has 0 bridgehead atoms. The number of pyridine rings is 1. The van der Waals surface area contributed by atoms with Gasteiger partial charge in [0.05, 0.1) is 18.9 Å². The molecule has 0 saturated heterocycles. The highest BCUT2D eigenvalue weighted by atomic mass is 79.9. The molecule has 4 nitrogen and oxygen atoms in total. The largest absolute Gasteiger partial charge is 0.481 e. The van der Waals surface area contributed by atoms with E-state index in [9.17, 15) is 4.79 Å². The number of halogens is 1. The fourth-order valence-electron chi connectivity index (χ4n) is 2.74. The van der Waals surface area contributed by atoms with Crippen LogP contribution in [-0.4, -0.2) is 28.1 Å². The van der Waals surface area contributed by atoms with Gasteiger partial charge >= 0.3 is 0 Å². The molecule has 0 amide bonds. The number of hydrogen-bond donors (Lipinski definition) is 0. The van der Waals surface area contributed by atoms with E-state index in [4.69, 9.17) is 10.00 Å². The number of carbonyl (C=O) groups is 1. The van der Waals surface area contributed by atoms with Crippen LogP contribution in [0.3, 0.4) is 0 Å². The van der Waals surface area contributed by atoms with Crippen molar-refractivity contribution in [2.24, 2.45) is 17.8 Å². The van der Waals surface area contributed by atoms with Crippen molar-refractivity contribution in [3.63, 3.8) is 0 Å². The Kier molecular flexibility index (Phi) is 5.17. The van der Waals surface area contributed by atoms with Gasteiger partial charge in [-0.3, -0.25) is 4.79 Å². The smallest absolute Gasteiger partial charge is 0.213 e. The quantitative estimate of drug-likeness (QED) is 0.774. The molecule has 1 saturated carbocycles. The predicted octanol–water partition coefficient (Wildman–Crippen LogP) is 2.72. The molecule has 109 valence electrons. The van der Waals surface area contributed by atoms with Gasteiger partial charge in [-0.05, 0) is 39.9 Å². The van der Waals surface area contributed by atoms with Crippen LogP contribution in [0.1, 0.15) is 19.0 Å². The summed E-state index contributed by atoms with van der Waals surface area (Å²) in [4.78, 5) is 16.9. The first kappa shape index (κ1) is 16.2. The highest BCUT2D eigenvalue weighted by Gasteiger charge is 2.40. The Morgan fingerprint density at radius 1 is 1.57 bits per heavy atom. The number of methoxy groups -OCH3 is 1. The molecule has 1 heterocycles. The van der Waals surface area contributed by atoms with Gasteiger partial charge in [0.15, 0.2) is 5.78 Å². The molecule has 3 radical (unpaired) electrons. The van der Waals surface area contributed by atoms with Crippen LogP contribution in [0.25, 0.3) is 0 Å². The molecule has 1 aromatic heterocycles. The molecule has 0 N–H and O–H groups in total. The van der Waals surface area contributed by atoms with Crippen LogP contribution in [-0.2, 0) is 11.2 Å². The number of nitriles is 1. The Balaban J connectivity index is 2.28. The third-order valence-electron chi connectivity index (χ3n) is 4.03. The van der Waals surface area contributed by atoms with Gasteiger partial charge in [-0.25, -0.2) is 4.98 Å². The van der Waals surface area contributed by atoms with Crippen molar-refractivity contribution < 1.29 is 9.53 Å². The van der Waals surface area contributed by atoms with Crippen molar-refractivity contribution in [1.82, 2.24) is 4.98 Å². The molecule has 1 aliphatic rings. The third-order valence-corrected chi connectivity index (χ3v) is 5.73. The van der Waals surface area contributed by atoms with Crippen molar-refractivity contribution in [3.05, 3.63) is 22.3 Å². The number of aromatic nitrogens is 1. The van der Waals surface area contributed by atoms with Gasteiger partial charge in [0.1, 0.15) is 5.92 Å². The summed E-state index contributed by atoms with van der Waals surface area (Å²) >= 11 is 3.46. The van der Waals surface area contributed by atoms with Crippen LogP contribution in [0.15, 0.2) is 16.6 Å². The Morgan fingerprint density at radius 2 is 2.29 bits per heavy atom. The highest BCUT2D eigenvalue weighted by Crippen LogP contribution is 2.40. The third kappa shape index (κ3) is 3.35. The van der Waals surface area contributed by atoms with Gasteiger partial charge in [0.25, 0.3) is 0 Å². The van der Waals surface area contributed by atoms with Crippen molar-refractivity contribution in [2.75, 3.05) is 7.11 Å². The van der Waals surface area contributed by atoms with Crippen LogP contribution in [0.5, 0.6) is 5.88 Å². The minimum absolute atomic E-state index is 0.00659. The van der Waals surface area contributed by atoms with E-state index >= 15 is 0 Å². The van der Waals surface area contributed by atoms with Crippen LogP contribution in [0, 0.1) is 29.1 Å². The number of hydrogen-bond acceptors (Lipinski definition) is 4. The molecule has 0 spiro atoms. The molecule has 1 aromatic rings. The Labute approximate surface area is 136 Å². The first-order valence-electron chi connectivity index (χ1n) is 6.81. The van der Waals surface area contributed by atoms with E-state index in [0.717, 1.165) is 10.2 Å². The number of rotatable bonds is 3. The minimum Gasteiger partial charge on any atom is -0.481 e. The topological polar surface area (TPSA) is 63.0 Å². The summed E-state index contributed by atoms with van der Waals surface area (Å²) in [5.74, 6) is 0.0466. The number of carbonyl (C=O) groups excluding carboxylic acids is 1. The van der Waals surface area contributed by atoms with Gasteiger partial charge in [-0.2, -0.15) is 5.26 Å². The lowest BCUT2D eigenvalue weighted by molar-refractivity contribution is -0.128. The SMILES string of the molecule is COc1ccc(Br)c(C[C@H]2C(=O)C(C#N)C[C@@H](C)[C@@H]2[Si])n1. The van der Waals surface area contributed by atoms with Gasteiger partial charge < -0.3 is 4.74 Å². The lowest BCUT2D eigenvalue weighted by atomic mass is 9.73. The molecular formula is C15H16BrN2O2Si. The first-order chi connectivity index (χ1) is 9.97. The average Bonchev–Trinajstić information content (AvgIpc) is 2.49. The zero-order chi connectivity index (χ0) is 15.6.